The maximum atomic E-state index is 12.6. The van der Waals surface area contributed by atoms with Gasteiger partial charge in [0.2, 0.25) is 0 Å². The normalized spacial score (nSPS) is 15.4. The molecule has 6 heteroatoms. The van der Waals surface area contributed by atoms with Crippen LogP contribution in [0.5, 0.6) is 0 Å². The molecule has 0 bridgehead atoms. The van der Waals surface area contributed by atoms with Gasteiger partial charge in [0, 0.05) is 6.04 Å². The van der Waals surface area contributed by atoms with Gasteiger partial charge in [0.15, 0.2) is 9.84 Å². The summed E-state index contributed by atoms with van der Waals surface area (Å²) in [6, 6.07) is 5.63. The molecule has 1 aliphatic rings. The molecule has 0 unspecified atom stereocenters. The third-order valence-corrected chi connectivity index (χ3v) is 5.62. The number of sulfone groups is 1. The lowest BCUT2D eigenvalue weighted by Gasteiger charge is -2.09. The number of aromatic nitrogens is 3. The molecule has 3 rings (SSSR count). The van der Waals surface area contributed by atoms with E-state index in [4.69, 9.17) is 0 Å². The van der Waals surface area contributed by atoms with E-state index in [-0.39, 0.29) is 5.75 Å². The fourth-order valence-corrected chi connectivity index (χ4v) is 3.82. The highest BCUT2D eigenvalue weighted by atomic mass is 32.2. The molecule has 0 aliphatic heterocycles. The molecule has 1 heterocycles. The Kier molecular flexibility index (Phi) is 3.36. The second-order valence-corrected chi connectivity index (χ2v) is 7.76. The Hall–Kier alpha value is -1.69. The third-order valence-electron chi connectivity index (χ3n) is 4.01. The molecule has 0 amide bonds. The van der Waals surface area contributed by atoms with E-state index in [2.05, 4.69) is 10.2 Å². The quantitative estimate of drug-likeness (QED) is 0.870. The van der Waals surface area contributed by atoms with Gasteiger partial charge in [-0.05, 0) is 56.9 Å². The van der Waals surface area contributed by atoms with Crippen LogP contribution >= 0.6 is 0 Å². The van der Waals surface area contributed by atoms with Crippen molar-refractivity contribution in [2.75, 3.05) is 0 Å². The van der Waals surface area contributed by atoms with E-state index in [1.165, 1.54) is 0 Å². The van der Waals surface area contributed by atoms with E-state index >= 15 is 0 Å². The van der Waals surface area contributed by atoms with Crippen LogP contribution in [0, 0.1) is 20.8 Å². The van der Waals surface area contributed by atoms with Crippen LogP contribution in [-0.2, 0) is 15.6 Å². The van der Waals surface area contributed by atoms with Crippen molar-refractivity contribution in [1.82, 2.24) is 14.8 Å². The first-order chi connectivity index (χ1) is 9.88. The number of rotatable bonds is 4. The van der Waals surface area contributed by atoms with Gasteiger partial charge in [-0.2, -0.15) is 0 Å². The number of hydrogen-bond donors (Lipinski definition) is 0. The van der Waals surface area contributed by atoms with Crippen molar-refractivity contribution in [2.45, 2.75) is 50.3 Å². The molecular formula is C15H19N3O2S. The maximum Gasteiger partial charge on any atom is 0.185 e. The van der Waals surface area contributed by atoms with E-state index < -0.39 is 9.84 Å². The zero-order chi connectivity index (χ0) is 15.2. The van der Waals surface area contributed by atoms with Crippen molar-refractivity contribution < 1.29 is 8.42 Å². The molecule has 0 saturated heterocycles. The van der Waals surface area contributed by atoms with Gasteiger partial charge in [-0.1, -0.05) is 6.07 Å². The highest BCUT2D eigenvalue weighted by molar-refractivity contribution is 7.90. The highest BCUT2D eigenvalue weighted by Crippen LogP contribution is 2.37. The lowest BCUT2D eigenvalue weighted by molar-refractivity contribution is 0.589. The van der Waals surface area contributed by atoms with Crippen molar-refractivity contribution in [3.8, 4) is 0 Å². The Labute approximate surface area is 124 Å². The Bertz CT molecular complexity index is 789. The maximum absolute atomic E-state index is 12.6. The summed E-state index contributed by atoms with van der Waals surface area (Å²) in [5.41, 5.74) is 2.07. The van der Waals surface area contributed by atoms with Crippen LogP contribution in [0.3, 0.4) is 0 Å². The van der Waals surface area contributed by atoms with Crippen LogP contribution in [0.4, 0.5) is 0 Å². The molecular weight excluding hydrogens is 286 g/mol. The highest BCUT2D eigenvalue weighted by Gasteiger charge is 2.30. The standard InChI is InChI=1S/C15H19N3O2S/c1-10-4-7-14(8-11(10)2)21(19,20)9-15-17-16-12(3)18(15)13-5-6-13/h4,7-8,13H,5-6,9H2,1-3H3. The second kappa shape index (κ2) is 4.94. The van der Waals surface area contributed by atoms with Gasteiger partial charge in [0.05, 0.1) is 4.90 Å². The number of nitrogens with zero attached hydrogens (tertiary/aromatic N) is 3. The fourth-order valence-electron chi connectivity index (χ4n) is 2.48. The van der Waals surface area contributed by atoms with Gasteiger partial charge in [0.25, 0.3) is 0 Å². The molecule has 112 valence electrons. The average Bonchev–Trinajstić information content (AvgIpc) is 3.18. The van der Waals surface area contributed by atoms with E-state index in [0.717, 1.165) is 29.8 Å². The summed E-state index contributed by atoms with van der Waals surface area (Å²) in [6.45, 7) is 5.77. The topological polar surface area (TPSA) is 64.8 Å². The molecule has 1 saturated carbocycles. The Morgan fingerprint density at radius 3 is 2.48 bits per heavy atom. The first-order valence-corrected chi connectivity index (χ1v) is 8.74. The lowest BCUT2D eigenvalue weighted by Crippen LogP contribution is -2.11. The smallest absolute Gasteiger partial charge is 0.185 e. The minimum Gasteiger partial charge on any atom is -0.311 e. The molecule has 0 spiro atoms. The van der Waals surface area contributed by atoms with Gasteiger partial charge >= 0.3 is 0 Å². The molecule has 1 fully saturated rings. The van der Waals surface area contributed by atoms with Gasteiger partial charge in [-0.25, -0.2) is 8.42 Å². The largest absolute Gasteiger partial charge is 0.311 e. The van der Waals surface area contributed by atoms with Crippen LogP contribution in [0.2, 0.25) is 0 Å². The number of hydrogen-bond acceptors (Lipinski definition) is 4. The minimum atomic E-state index is -3.39. The molecule has 5 nitrogen and oxygen atoms in total. The third kappa shape index (κ3) is 2.72. The summed E-state index contributed by atoms with van der Waals surface area (Å²) < 4.78 is 27.1. The lowest BCUT2D eigenvalue weighted by atomic mass is 10.1. The van der Waals surface area contributed by atoms with Crippen LogP contribution in [-0.4, -0.2) is 23.2 Å². The molecule has 0 radical (unpaired) electrons. The molecule has 21 heavy (non-hydrogen) atoms. The molecule has 1 aromatic carbocycles. The van der Waals surface area contributed by atoms with E-state index in [1.807, 2.05) is 31.4 Å². The van der Waals surface area contributed by atoms with Crippen LogP contribution in [0.25, 0.3) is 0 Å². The van der Waals surface area contributed by atoms with Crippen LogP contribution in [0.15, 0.2) is 23.1 Å². The van der Waals surface area contributed by atoms with E-state index in [9.17, 15) is 8.42 Å². The molecule has 1 aliphatic carbocycles. The SMILES string of the molecule is Cc1ccc(S(=O)(=O)Cc2nnc(C)n2C2CC2)cc1C. The molecule has 0 atom stereocenters. The summed E-state index contributed by atoms with van der Waals surface area (Å²) in [6.07, 6.45) is 2.16. The first-order valence-electron chi connectivity index (χ1n) is 7.09. The average molecular weight is 305 g/mol. The second-order valence-electron chi connectivity index (χ2n) is 5.77. The summed E-state index contributed by atoms with van der Waals surface area (Å²) in [5.74, 6) is 1.25. The zero-order valence-electron chi connectivity index (χ0n) is 12.5. The van der Waals surface area contributed by atoms with Gasteiger partial charge < -0.3 is 4.57 Å². The van der Waals surface area contributed by atoms with E-state index in [0.29, 0.717) is 16.8 Å². The summed E-state index contributed by atoms with van der Waals surface area (Å²) >= 11 is 0. The monoisotopic (exact) mass is 305 g/mol. The van der Waals surface area contributed by atoms with Crippen LogP contribution < -0.4 is 0 Å². The Balaban J connectivity index is 1.94. The van der Waals surface area contributed by atoms with Gasteiger partial charge in [0.1, 0.15) is 17.4 Å². The van der Waals surface area contributed by atoms with Crippen molar-refractivity contribution in [3.05, 3.63) is 41.0 Å². The Morgan fingerprint density at radius 2 is 1.86 bits per heavy atom. The van der Waals surface area contributed by atoms with Crippen molar-refractivity contribution in [1.29, 1.82) is 0 Å². The molecule has 0 N–H and O–H groups in total. The Morgan fingerprint density at radius 1 is 1.14 bits per heavy atom. The predicted molar refractivity (Wildman–Crippen MR) is 79.8 cm³/mol. The minimum absolute atomic E-state index is 0.0904. The van der Waals surface area contributed by atoms with E-state index in [1.54, 1.807) is 12.1 Å². The van der Waals surface area contributed by atoms with Crippen molar-refractivity contribution in [3.63, 3.8) is 0 Å². The van der Waals surface area contributed by atoms with Crippen LogP contribution in [0.1, 0.15) is 41.7 Å². The fraction of sp³-hybridized carbons (Fsp3) is 0.467. The van der Waals surface area contributed by atoms with Crippen molar-refractivity contribution >= 4 is 9.84 Å². The number of aryl methyl sites for hydroxylation is 3. The summed E-state index contributed by atoms with van der Waals surface area (Å²) in [5, 5.41) is 8.10. The predicted octanol–water partition coefficient (Wildman–Crippen LogP) is 2.51. The molecule has 2 aromatic rings. The van der Waals surface area contributed by atoms with Gasteiger partial charge in [-0.15, -0.1) is 10.2 Å². The summed E-state index contributed by atoms with van der Waals surface area (Å²) in [7, 11) is -3.39. The van der Waals surface area contributed by atoms with Gasteiger partial charge in [-0.3, -0.25) is 0 Å². The number of benzene rings is 1. The zero-order valence-corrected chi connectivity index (χ0v) is 13.3. The van der Waals surface area contributed by atoms with Crippen molar-refractivity contribution in [2.24, 2.45) is 0 Å². The molecule has 1 aromatic heterocycles. The first kappa shape index (κ1) is 14.3. The summed E-state index contributed by atoms with van der Waals surface area (Å²) in [4.78, 5) is 0.355.